The first-order chi connectivity index (χ1) is 9.85. The third kappa shape index (κ3) is 3.70. The van der Waals surface area contributed by atoms with Gasteiger partial charge < -0.3 is 5.11 Å². The van der Waals surface area contributed by atoms with Gasteiger partial charge in [-0.25, -0.2) is 18.1 Å². The zero-order valence-corrected chi connectivity index (χ0v) is 14.8. The Morgan fingerprint density at radius 2 is 2.10 bits per heavy atom. The quantitative estimate of drug-likeness (QED) is 0.821. The molecular weight excluding hydrogens is 376 g/mol. The van der Waals surface area contributed by atoms with Crippen LogP contribution in [0, 0.1) is 13.8 Å². The minimum Gasteiger partial charge on any atom is -0.392 e. The number of hydrogen-bond acceptors (Lipinski definition) is 5. The number of sulfonamides is 1. The third-order valence-corrected chi connectivity index (χ3v) is 6.70. The molecule has 2 aromatic rings. The maximum absolute atomic E-state index is 12.4. The van der Waals surface area contributed by atoms with Gasteiger partial charge in [-0.2, -0.15) is 0 Å². The summed E-state index contributed by atoms with van der Waals surface area (Å²) in [6.45, 7) is 3.63. The van der Waals surface area contributed by atoms with Gasteiger partial charge >= 0.3 is 0 Å². The van der Waals surface area contributed by atoms with Gasteiger partial charge in [-0.1, -0.05) is 6.07 Å². The highest BCUT2D eigenvalue weighted by molar-refractivity contribution is 9.10. The van der Waals surface area contributed by atoms with E-state index in [1.54, 1.807) is 18.5 Å². The molecule has 0 radical (unpaired) electrons. The molecule has 0 bridgehead atoms. The fourth-order valence-corrected chi connectivity index (χ4v) is 4.70. The van der Waals surface area contributed by atoms with E-state index in [0.717, 1.165) is 16.1 Å². The van der Waals surface area contributed by atoms with E-state index in [1.165, 1.54) is 17.4 Å². The predicted molar refractivity (Wildman–Crippen MR) is 85.7 cm³/mol. The van der Waals surface area contributed by atoms with Crippen LogP contribution in [0.4, 0.5) is 0 Å². The molecule has 0 atom stereocenters. The van der Waals surface area contributed by atoms with Crippen molar-refractivity contribution in [3.63, 3.8) is 0 Å². The van der Waals surface area contributed by atoms with Crippen molar-refractivity contribution in [2.45, 2.75) is 31.9 Å². The van der Waals surface area contributed by atoms with Gasteiger partial charge in [0, 0.05) is 15.9 Å². The fourth-order valence-electron chi connectivity index (χ4n) is 1.83. The smallest absolute Gasteiger partial charge is 0.242 e. The van der Waals surface area contributed by atoms with Gasteiger partial charge in [0.05, 0.1) is 22.7 Å². The minimum absolute atomic E-state index is 0.133. The summed E-state index contributed by atoms with van der Waals surface area (Å²) in [5.41, 5.74) is 3.83. The molecule has 2 N–H and O–H groups in total. The molecule has 21 heavy (non-hydrogen) atoms. The highest BCUT2D eigenvalue weighted by Crippen LogP contribution is 2.27. The van der Waals surface area contributed by atoms with E-state index >= 15 is 0 Å². The van der Waals surface area contributed by atoms with Crippen molar-refractivity contribution in [2.24, 2.45) is 0 Å². The number of aromatic nitrogens is 1. The van der Waals surface area contributed by atoms with Gasteiger partial charge in [0.15, 0.2) is 0 Å². The summed E-state index contributed by atoms with van der Waals surface area (Å²) in [6, 6.07) is 3.22. The van der Waals surface area contributed by atoms with Gasteiger partial charge in [0.25, 0.3) is 0 Å². The fraction of sp³-hybridized carbons (Fsp3) is 0.308. The molecule has 1 heterocycles. The molecule has 0 spiro atoms. The van der Waals surface area contributed by atoms with Gasteiger partial charge in [0.2, 0.25) is 10.0 Å². The van der Waals surface area contributed by atoms with Crippen molar-refractivity contribution in [1.29, 1.82) is 0 Å². The number of thiazole rings is 1. The molecular formula is C13H15BrN2O3S2. The molecule has 0 aliphatic carbocycles. The van der Waals surface area contributed by atoms with Crippen LogP contribution in [0.25, 0.3) is 0 Å². The summed E-state index contributed by atoms with van der Waals surface area (Å²) in [4.78, 5) is 5.10. The Kier molecular flexibility index (Phi) is 5.15. The third-order valence-electron chi connectivity index (χ3n) is 3.02. The van der Waals surface area contributed by atoms with Crippen LogP contribution in [0.5, 0.6) is 0 Å². The second kappa shape index (κ2) is 6.53. The van der Waals surface area contributed by atoms with Gasteiger partial charge in [-0.3, -0.25) is 0 Å². The van der Waals surface area contributed by atoms with Crippen LogP contribution in [0.1, 0.15) is 21.7 Å². The average molecular weight is 391 g/mol. The van der Waals surface area contributed by atoms with Crippen LogP contribution in [-0.4, -0.2) is 18.5 Å². The molecule has 0 unspecified atom stereocenters. The highest BCUT2D eigenvalue weighted by Gasteiger charge is 2.20. The predicted octanol–water partition coefficient (Wildman–Crippen LogP) is 2.49. The molecule has 114 valence electrons. The Bertz CT molecular complexity index is 757. The molecule has 0 saturated carbocycles. The van der Waals surface area contributed by atoms with E-state index in [-0.39, 0.29) is 18.0 Å². The lowest BCUT2D eigenvalue weighted by Gasteiger charge is -2.11. The van der Waals surface area contributed by atoms with E-state index in [4.69, 9.17) is 0 Å². The summed E-state index contributed by atoms with van der Waals surface area (Å²) >= 11 is 4.71. The number of nitrogens with one attached hydrogen (secondary N) is 1. The number of hydrogen-bond donors (Lipinski definition) is 2. The van der Waals surface area contributed by atoms with Gasteiger partial charge in [-0.15, -0.1) is 11.3 Å². The number of rotatable bonds is 5. The van der Waals surface area contributed by atoms with Crippen molar-refractivity contribution in [2.75, 3.05) is 0 Å². The van der Waals surface area contributed by atoms with Crippen molar-refractivity contribution in [3.05, 3.63) is 43.8 Å². The largest absolute Gasteiger partial charge is 0.392 e. The molecule has 0 aliphatic heterocycles. The molecule has 0 saturated heterocycles. The molecule has 1 aromatic heterocycles. The summed E-state index contributed by atoms with van der Waals surface area (Å²) in [5, 5.41) is 9.22. The molecule has 0 aliphatic rings. The second-order valence-corrected chi connectivity index (χ2v) is 8.04. The lowest BCUT2D eigenvalue weighted by atomic mass is 10.1. The van der Waals surface area contributed by atoms with Crippen molar-refractivity contribution < 1.29 is 13.5 Å². The summed E-state index contributed by atoms with van der Waals surface area (Å²) in [6.07, 6.45) is 0. The highest BCUT2D eigenvalue weighted by atomic mass is 79.9. The standard InChI is InChI=1S/C13H15BrN2O3S2/c1-8-3-10(6-17)4-12(13(8)14)21(18,19)16-5-11-9(2)15-7-20-11/h3-4,7,16-17H,5-6H2,1-2H3. The van der Waals surface area contributed by atoms with Crippen LogP contribution < -0.4 is 4.72 Å². The zero-order valence-electron chi connectivity index (χ0n) is 11.6. The molecule has 2 rings (SSSR count). The van der Waals surface area contributed by atoms with Crippen LogP contribution >= 0.6 is 27.3 Å². The van der Waals surface area contributed by atoms with Crippen molar-refractivity contribution in [1.82, 2.24) is 9.71 Å². The van der Waals surface area contributed by atoms with Gasteiger partial charge in [-0.05, 0) is 47.0 Å². The lowest BCUT2D eigenvalue weighted by molar-refractivity contribution is 0.281. The first-order valence-corrected chi connectivity index (χ1v) is 9.29. The van der Waals surface area contributed by atoms with Crippen LogP contribution in [0.2, 0.25) is 0 Å². The van der Waals surface area contributed by atoms with E-state index < -0.39 is 10.0 Å². The first-order valence-electron chi connectivity index (χ1n) is 6.13. The Labute approximate surface area is 136 Å². The molecule has 1 aromatic carbocycles. The van der Waals surface area contributed by atoms with E-state index in [2.05, 4.69) is 25.6 Å². The summed E-state index contributed by atoms with van der Waals surface area (Å²) in [5.74, 6) is 0. The average Bonchev–Trinajstić information content (AvgIpc) is 2.84. The molecule has 0 amide bonds. The molecule has 0 fully saturated rings. The van der Waals surface area contributed by atoms with Crippen LogP contribution in [0.15, 0.2) is 27.0 Å². The normalized spacial score (nSPS) is 11.8. The number of halogens is 1. The molecule has 5 nitrogen and oxygen atoms in total. The second-order valence-electron chi connectivity index (χ2n) is 4.57. The van der Waals surface area contributed by atoms with Crippen molar-refractivity contribution >= 4 is 37.3 Å². The minimum atomic E-state index is -3.67. The Balaban J connectivity index is 2.31. The topological polar surface area (TPSA) is 79.3 Å². The first kappa shape index (κ1) is 16.6. The summed E-state index contributed by atoms with van der Waals surface area (Å²) < 4.78 is 28.0. The van der Waals surface area contributed by atoms with Crippen molar-refractivity contribution in [3.8, 4) is 0 Å². The Morgan fingerprint density at radius 1 is 1.38 bits per heavy atom. The van der Waals surface area contributed by atoms with Crippen LogP contribution in [-0.2, 0) is 23.2 Å². The van der Waals surface area contributed by atoms with Crippen LogP contribution in [0.3, 0.4) is 0 Å². The lowest BCUT2D eigenvalue weighted by Crippen LogP contribution is -2.24. The molecule has 8 heteroatoms. The number of nitrogens with zero attached hydrogens (tertiary/aromatic N) is 1. The van der Waals surface area contributed by atoms with E-state index in [1.807, 2.05) is 6.92 Å². The van der Waals surface area contributed by atoms with E-state index in [9.17, 15) is 13.5 Å². The number of benzene rings is 1. The Hall–Kier alpha value is -0.800. The maximum atomic E-state index is 12.4. The maximum Gasteiger partial charge on any atom is 0.242 e. The Morgan fingerprint density at radius 3 is 2.67 bits per heavy atom. The summed E-state index contributed by atoms with van der Waals surface area (Å²) in [7, 11) is -3.67. The number of aryl methyl sites for hydroxylation is 2. The van der Waals surface area contributed by atoms with E-state index in [0.29, 0.717) is 10.0 Å². The monoisotopic (exact) mass is 390 g/mol. The number of aliphatic hydroxyl groups excluding tert-OH is 1. The zero-order chi connectivity index (χ0) is 15.6. The number of aliphatic hydroxyl groups is 1. The van der Waals surface area contributed by atoms with Gasteiger partial charge in [0.1, 0.15) is 0 Å². The SMILES string of the molecule is Cc1cc(CO)cc(S(=O)(=O)NCc2scnc2C)c1Br.